The third-order valence-electron chi connectivity index (χ3n) is 7.29. The molecule has 6 rings (SSSR count). The van der Waals surface area contributed by atoms with E-state index in [1.165, 1.54) is 34.4 Å². The van der Waals surface area contributed by atoms with E-state index in [1.807, 2.05) is 12.1 Å². The maximum atomic E-state index is 11.8. The number of aromatic carboxylic acids is 1. The second-order valence-corrected chi connectivity index (χ2v) is 12.9. The Balaban J connectivity index is 1.52. The summed E-state index contributed by atoms with van der Waals surface area (Å²) in [4.78, 5) is 16.1. The Hall–Kier alpha value is -4.12. The molecule has 0 aliphatic heterocycles. The van der Waals surface area contributed by atoms with Crippen LogP contribution in [0.3, 0.4) is 0 Å². The molecule has 2 aromatic heterocycles. The van der Waals surface area contributed by atoms with Gasteiger partial charge in [0.2, 0.25) is 15.2 Å². The van der Waals surface area contributed by atoms with Crippen molar-refractivity contribution in [3.8, 4) is 27.5 Å². The number of nitrogens with two attached hydrogens (primary N) is 1. The molecule has 1 aliphatic rings. The largest absolute Gasteiger partial charge is 0.476 e. The van der Waals surface area contributed by atoms with Gasteiger partial charge in [-0.25, -0.2) is 28.0 Å². The van der Waals surface area contributed by atoms with Crippen molar-refractivity contribution in [3.63, 3.8) is 0 Å². The van der Waals surface area contributed by atoms with Crippen LogP contribution in [0.15, 0.2) is 83.1 Å². The Kier molecular flexibility index (Phi) is 7.06. The smallest absolute Gasteiger partial charge is 0.355 e. The molecule has 5 aromatic rings. The number of benzene rings is 3. The molecule has 0 radical (unpaired) electrons. The van der Waals surface area contributed by atoms with Crippen molar-refractivity contribution < 1.29 is 18.3 Å². The first-order valence-electron chi connectivity index (χ1n) is 13.2. The summed E-state index contributed by atoms with van der Waals surface area (Å²) in [5, 5.41) is 21.9. The molecule has 3 aromatic carbocycles. The third-order valence-corrected chi connectivity index (χ3v) is 9.04. The van der Waals surface area contributed by atoms with E-state index in [-0.39, 0.29) is 10.6 Å². The Morgan fingerprint density at radius 3 is 2.37 bits per heavy atom. The minimum Gasteiger partial charge on any atom is -0.476 e. The predicted molar refractivity (Wildman–Crippen MR) is 159 cm³/mol. The minimum atomic E-state index is -3.80. The molecule has 1 fully saturated rings. The van der Waals surface area contributed by atoms with E-state index in [0.717, 1.165) is 58.5 Å². The van der Waals surface area contributed by atoms with Gasteiger partial charge in [0.1, 0.15) is 0 Å². The lowest BCUT2D eigenvalue weighted by atomic mass is 9.95. The zero-order chi connectivity index (χ0) is 28.7. The number of aromatic nitrogens is 3. The summed E-state index contributed by atoms with van der Waals surface area (Å²) in [5.41, 5.74) is 7.93. The van der Waals surface area contributed by atoms with Crippen LogP contribution in [0.2, 0.25) is 0 Å². The lowest BCUT2D eigenvalue weighted by Crippen LogP contribution is -2.11. The van der Waals surface area contributed by atoms with Crippen molar-refractivity contribution in [2.24, 2.45) is 11.1 Å². The molecular formula is C31H28N4O4S2. The van der Waals surface area contributed by atoms with E-state index < -0.39 is 16.0 Å². The van der Waals surface area contributed by atoms with Gasteiger partial charge in [-0.15, -0.1) is 11.3 Å². The number of aryl methyl sites for hydroxylation is 1. The number of hydrogen-bond donors (Lipinski definition) is 2. The first kappa shape index (κ1) is 27.1. The summed E-state index contributed by atoms with van der Waals surface area (Å²) in [6.45, 7) is 2.06. The average Bonchev–Trinajstić information content (AvgIpc) is 3.50. The van der Waals surface area contributed by atoms with Gasteiger partial charge < -0.3 is 5.11 Å². The second-order valence-electron chi connectivity index (χ2n) is 10.5. The van der Waals surface area contributed by atoms with Crippen LogP contribution in [0.25, 0.3) is 27.5 Å². The van der Waals surface area contributed by atoms with Gasteiger partial charge in [0.25, 0.3) is 0 Å². The molecule has 0 amide bonds. The SMILES string of the molecule is Cc1ccc(-c2cccc(-c3c(Cc4ccc(S(N)(=O)=O)cc4)c(CC4CC4)nn3-c3nc(C(=O)O)cs3)c2)cc1. The molecule has 0 atom stereocenters. The van der Waals surface area contributed by atoms with Gasteiger partial charge in [-0.2, -0.15) is 5.10 Å². The Morgan fingerprint density at radius 2 is 1.73 bits per heavy atom. The zero-order valence-corrected chi connectivity index (χ0v) is 24.0. The summed E-state index contributed by atoms with van der Waals surface area (Å²) in [6, 6.07) is 23.2. The molecule has 0 spiro atoms. The lowest BCUT2D eigenvalue weighted by molar-refractivity contribution is 0.0691. The topological polar surface area (TPSA) is 128 Å². The van der Waals surface area contributed by atoms with Crippen molar-refractivity contribution in [3.05, 3.63) is 106 Å². The number of carboxylic acid groups (broad SMARTS) is 1. The van der Waals surface area contributed by atoms with E-state index in [1.54, 1.807) is 16.8 Å². The van der Waals surface area contributed by atoms with Gasteiger partial charge in [0.15, 0.2) is 5.69 Å². The Morgan fingerprint density at radius 1 is 1.02 bits per heavy atom. The maximum Gasteiger partial charge on any atom is 0.355 e. The molecule has 0 bridgehead atoms. The van der Waals surface area contributed by atoms with Crippen LogP contribution < -0.4 is 5.14 Å². The minimum absolute atomic E-state index is 0.0243. The van der Waals surface area contributed by atoms with Crippen LogP contribution in [0, 0.1) is 12.8 Å². The van der Waals surface area contributed by atoms with E-state index in [0.29, 0.717) is 17.5 Å². The standard InChI is InChI=1S/C31H28N4O4S2/c1-19-5-11-22(12-6-19)23-3-2-4-24(17-23)29-26(15-20-9-13-25(14-10-20)41(32,38)39)27(16-21-7-8-21)34-35(29)31-33-28(18-40-31)30(36)37/h2-6,9-14,17-18,21H,7-8,15-16H2,1H3,(H,36,37)(H2,32,38,39). The van der Waals surface area contributed by atoms with Gasteiger partial charge in [-0.3, -0.25) is 0 Å². The monoisotopic (exact) mass is 584 g/mol. The molecule has 0 saturated heterocycles. The molecular weight excluding hydrogens is 556 g/mol. The van der Waals surface area contributed by atoms with Crippen molar-refractivity contribution in [1.29, 1.82) is 0 Å². The quantitative estimate of drug-likeness (QED) is 0.223. The van der Waals surface area contributed by atoms with Crippen LogP contribution in [-0.4, -0.2) is 34.3 Å². The van der Waals surface area contributed by atoms with Crippen molar-refractivity contribution in [2.75, 3.05) is 0 Å². The third kappa shape index (κ3) is 5.85. The number of nitrogens with zero attached hydrogens (tertiary/aromatic N) is 3. The number of thiazole rings is 1. The molecule has 10 heteroatoms. The highest BCUT2D eigenvalue weighted by molar-refractivity contribution is 7.89. The first-order valence-corrected chi connectivity index (χ1v) is 15.7. The molecule has 8 nitrogen and oxygen atoms in total. The number of carboxylic acids is 1. The average molecular weight is 585 g/mol. The van der Waals surface area contributed by atoms with E-state index >= 15 is 0 Å². The van der Waals surface area contributed by atoms with Crippen molar-refractivity contribution in [1.82, 2.24) is 14.8 Å². The molecule has 1 saturated carbocycles. The van der Waals surface area contributed by atoms with Crippen LogP contribution in [0.5, 0.6) is 0 Å². The molecule has 3 N–H and O–H groups in total. The van der Waals surface area contributed by atoms with Crippen molar-refractivity contribution >= 4 is 27.3 Å². The summed E-state index contributed by atoms with van der Waals surface area (Å²) in [6.07, 6.45) is 3.61. The molecule has 2 heterocycles. The fraction of sp³-hybridized carbons (Fsp3) is 0.194. The van der Waals surface area contributed by atoms with Crippen molar-refractivity contribution in [2.45, 2.75) is 37.5 Å². The zero-order valence-electron chi connectivity index (χ0n) is 22.3. The van der Waals surface area contributed by atoms with E-state index in [4.69, 9.17) is 10.2 Å². The number of rotatable bonds is 9. The van der Waals surface area contributed by atoms with E-state index in [2.05, 4.69) is 48.3 Å². The number of carbonyl (C=O) groups is 1. The van der Waals surface area contributed by atoms with Crippen LogP contribution in [0.1, 0.15) is 45.7 Å². The molecule has 0 unspecified atom stereocenters. The van der Waals surface area contributed by atoms with Crippen LogP contribution in [0.4, 0.5) is 0 Å². The molecule has 208 valence electrons. The highest BCUT2D eigenvalue weighted by Crippen LogP contribution is 2.39. The summed E-state index contributed by atoms with van der Waals surface area (Å²) >= 11 is 1.24. The van der Waals surface area contributed by atoms with Gasteiger partial charge in [0, 0.05) is 22.9 Å². The lowest BCUT2D eigenvalue weighted by Gasteiger charge is -2.11. The highest BCUT2D eigenvalue weighted by atomic mass is 32.2. The second kappa shape index (κ2) is 10.7. The van der Waals surface area contributed by atoms with Gasteiger partial charge in [0.05, 0.1) is 16.3 Å². The predicted octanol–water partition coefficient (Wildman–Crippen LogP) is 5.86. The fourth-order valence-electron chi connectivity index (χ4n) is 4.93. The summed E-state index contributed by atoms with van der Waals surface area (Å²) in [7, 11) is -3.80. The number of sulfonamides is 1. The van der Waals surface area contributed by atoms with Crippen LogP contribution in [-0.2, 0) is 22.9 Å². The van der Waals surface area contributed by atoms with Gasteiger partial charge in [-0.05, 0) is 67.0 Å². The van der Waals surface area contributed by atoms with Gasteiger partial charge >= 0.3 is 5.97 Å². The number of primary sulfonamides is 1. The Bertz CT molecular complexity index is 1850. The first-order chi connectivity index (χ1) is 19.7. The summed E-state index contributed by atoms with van der Waals surface area (Å²) in [5.74, 6) is -0.532. The fourth-order valence-corrected chi connectivity index (χ4v) is 6.20. The van der Waals surface area contributed by atoms with Crippen LogP contribution >= 0.6 is 11.3 Å². The summed E-state index contributed by atoms with van der Waals surface area (Å²) < 4.78 is 25.4. The number of hydrogen-bond acceptors (Lipinski definition) is 6. The molecule has 1 aliphatic carbocycles. The Labute approximate surface area is 242 Å². The van der Waals surface area contributed by atoms with E-state index in [9.17, 15) is 18.3 Å². The van der Waals surface area contributed by atoms with Gasteiger partial charge in [-0.1, -0.05) is 60.2 Å². The maximum absolute atomic E-state index is 11.8. The normalized spacial score (nSPS) is 13.4. The molecule has 41 heavy (non-hydrogen) atoms. The highest BCUT2D eigenvalue weighted by Gasteiger charge is 2.29.